The minimum Gasteiger partial charge on any atom is -0.336 e. The number of imidazole rings is 1. The van der Waals surface area contributed by atoms with Crippen molar-refractivity contribution in [3.8, 4) is 0 Å². The summed E-state index contributed by atoms with van der Waals surface area (Å²) in [6.45, 7) is 2.02. The SMILES string of the molecule is CNC(Cc1cc(C)nn1C)c1cncn1C. The van der Waals surface area contributed by atoms with Crippen molar-refractivity contribution >= 4 is 0 Å². The van der Waals surface area contributed by atoms with Crippen LogP contribution in [-0.4, -0.2) is 26.4 Å². The standard InChI is InChI=1S/C12H19N5/c1-9-5-10(17(4)15-9)6-11(13-2)12-7-14-8-16(12)3/h5,7-8,11,13H,6H2,1-4H3. The first-order chi connectivity index (χ1) is 8.11. The van der Waals surface area contributed by atoms with E-state index in [1.54, 1.807) is 0 Å². The summed E-state index contributed by atoms with van der Waals surface area (Å²) in [5.41, 5.74) is 3.47. The second-order valence-corrected chi connectivity index (χ2v) is 4.38. The van der Waals surface area contributed by atoms with E-state index in [0.717, 1.165) is 12.1 Å². The molecule has 5 heteroatoms. The van der Waals surface area contributed by atoms with E-state index in [4.69, 9.17) is 0 Å². The fraction of sp³-hybridized carbons (Fsp3) is 0.500. The second-order valence-electron chi connectivity index (χ2n) is 4.38. The largest absolute Gasteiger partial charge is 0.336 e. The molecule has 0 aliphatic carbocycles. The average Bonchev–Trinajstić information content (AvgIpc) is 2.82. The van der Waals surface area contributed by atoms with E-state index < -0.39 is 0 Å². The molecule has 0 radical (unpaired) electrons. The summed E-state index contributed by atoms with van der Waals surface area (Å²) < 4.78 is 3.99. The molecule has 2 aromatic heterocycles. The summed E-state index contributed by atoms with van der Waals surface area (Å²) in [4.78, 5) is 4.16. The van der Waals surface area contributed by atoms with Crippen LogP contribution in [0.3, 0.4) is 0 Å². The molecule has 2 rings (SSSR count). The Kier molecular flexibility index (Phi) is 3.28. The zero-order valence-corrected chi connectivity index (χ0v) is 10.8. The van der Waals surface area contributed by atoms with Crippen molar-refractivity contribution in [2.75, 3.05) is 7.05 Å². The van der Waals surface area contributed by atoms with Crippen LogP contribution >= 0.6 is 0 Å². The van der Waals surface area contributed by atoms with E-state index in [0.29, 0.717) is 0 Å². The van der Waals surface area contributed by atoms with E-state index in [1.807, 2.05) is 49.8 Å². The maximum absolute atomic E-state index is 4.37. The third-order valence-electron chi connectivity index (χ3n) is 3.07. The fourth-order valence-corrected chi connectivity index (χ4v) is 2.12. The lowest BCUT2D eigenvalue weighted by molar-refractivity contribution is 0.533. The van der Waals surface area contributed by atoms with Crippen molar-refractivity contribution in [2.24, 2.45) is 14.1 Å². The lowest BCUT2D eigenvalue weighted by atomic mass is 10.1. The van der Waals surface area contributed by atoms with Crippen molar-refractivity contribution in [3.05, 3.63) is 35.7 Å². The minimum atomic E-state index is 0.261. The molecule has 0 aliphatic rings. The summed E-state index contributed by atoms with van der Waals surface area (Å²) in [5.74, 6) is 0. The van der Waals surface area contributed by atoms with Gasteiger partial charge in [0.15, 0.2) is 0 Å². The van der Waals surface area contributed by atoms with Gasteiger partial charge in [-0.15, -0.1) is 0 Å². The van der Waals surface area contributed by atoms with Gasteiger partial charge in [-0.3, -0.25) is 4.68 Å². The van der Waals surface area contributed by atoms with Crippen LogP contribution in [0.25, 0.3) is 0 Å². The minimum absolute atomic E-state index is 0.261. The Morgan fingerprint density at radius 3 is 2.65 bits per heavy atom. The average molecular weight is 233 g/mol. The van der Waals surface area contributed by atoms with Crippen LogP contribution in [0.2, 0.25) is 0 Å². The van der Waals surface area contributed by atoms with Gasteiger partial charge < -0.3 is 9.88 Å². The predicted molar refractivity (Wildman–Crippen MR) is 66.7 cm³/mol. The maximum atomic E-state index is 4.37. The number of hydrogen-bond acceptors (Lipinski definition) is 3. The van der Waals surface area contributed by atoms with E-state index >= 15 is 0 Å². The summed E-state index contributed by atoms with van der Waals surface area (Å²) in [5, 5.41) is 7.70. The van der Waals surface area contributed by atoms with Crippen LogP contribution < -0.4 is 5.32 Å². The van der Waals surface area contributed by atoms with Gasteiger partial charge in [-0.2, -0.15) is 5.10 Å². The summed E-state index contributed by atoms with van der Waals surface area (Å²) >= 11 is 0. The Balaban J connectivity index is 2.21. The predicted octanol–water partition coefficient (Wildman–Crippen LogP) is 0.965. The number of likely N-dealkylation sites (N-methyl/N-ethyl adjacent to an activating group) is 1. The molecule has 0 saturated carbocycles. The van der Waals surface area contributed by atoms with Gasteiger partial charge in [0, 0.05) is 32.4 Å². The molecular formula is C12H19N5. The molecule has 2 aromatic rings. The van der Waals surface area contributed by atoms with Crippen LogP contribution in [0.15, 0.2) is 18.6 Å². The quantitative estimate of drug-likeness (QED) is 0.856. The molecule has 1 unspecified atom stereocenters. The first-order valence-corrected chi connectivity index (χ1v) is 5.75. The number of aromatic nitrogens is 4. The number of nitrogens with zero attached hydrogens (tertiary/aromatic N) is 4. The molecular weight excluding hydrogens is 214 g/mol. The molecule has 92 valence electrons. The Hall–Kier alpha value is -1.62. The highest BCUT2D eigenvalue weighted by molar-refractivity contribution is 5.14. The molecule has 0 saturated heterocycles. The highest BCUT2D eigenvalue weighted by atomic mass is 15.3. The second kappa shape index (κ2) is 4.71. The van der Waals surface area contributed by atoms with Crippen molar-refractivity contribution in [1.29, 1.82) is 0 Å². The Bertz CT molecular complexity index is 497. The normalized spacial score (nSPS) is 12.9. The lowest BCUT2D eigenvalue weighted by Gasteiger charge is -2.16. The summed E-state index contributed by atoms with van der Waals surface area (Å²) in [6.07, 6.45) is 4.64. The first-order valence-electron chi connectivity index (χ1n) is 5.75. The Morgan fingerprint density at radius 2 is 2.18 bits per heavy atom. The van der Waals surface area contributed by atoms with Gasteiger partial charge >= 0.3 is 0 Å². The number of aryl methyl sites for hydroxylation is 3. The van der Waals surface area contributed by atoms with Gasteiger partial charge in [-0.05, 0) is 20.0 Å². The zero-order valence-electron chi connectivity index (χ0n) is 10.8. The molecule has 0 fully saturated rings. The van der Waals surface area contributed by atoms with Crippen LogP contribution in [0.4, 0.5) is 0 Å². The van der Waals surface area contributed by atoms with Gasteiger partial charge in [-0.1, -0.05) is 0 Å². The van der Waals surface area contributed by atoms with E-state index in [-0.39, 0.29) is 6.04 Å². The molecule has 17 heavy (non-hydrogen) atoms. The van der Waals surface area contributed by atoms with Crippen molar-refractivity contribution in [2.45, 2.75) is 19.4 Å². The van der Waals surface area contributed by atoms with Gasteiger partial charge in [0.1, 0.15) is 0 Å². The molecule has 1 atom stereocenters. The summed E-state index contributed by atoms with van der Waals surface area (Å²) in [7, 11) is 5.97. The molecule has 0 bridgehead atoms. The molecule has 0 amide bonds. The van der Waals surface area contributed by atoms with Crippen LogP contribution in [0, 0.1) is 6.92 Å². The Morgan fingerprint density at radius 1 is 1.41 bits per heavy atom. The van der Waals surface area contributed by atoms with E-state index in [1.165, 1.54) is 11.4 Å². The maximum Gasteiger partial charge on any atom is 0.0946 e. The molecule has 2 heterocycles. The summed E-state index contributed by atoms with van der Waals surface area (Å²) in [6, 6.07) is 2.39. The van der Waals surface area contributed by atoms with Crippen molar-refractivity contribution < 1.29 is 0 Å². The van der Waals surface area contributed by atoms with Crippen molar-refractivity contribution in [3.63, 3.8) is 0 Å². The van der Waals surface area contributed by atoms with Crippen molar-refractivity contribution in [1.82, 2.24) is 24.6 Å². The highest BCUT2D eigenvalue weighted by Gasteiger charge is 2.15. The smallest absolute Gasteiger partial charge is 0.0946 e. The highest BCUT2D eigenvalue weighted by Crippen LogP contribution is 2.17. The van der Waals surface area contributed by atoms with Crippen LogP contribution in [-0.2, 0) is 20.5 Å². The number of hydrogen-bond donors (Lipinski definition) is 1. The zero-order chi connectivity index (χ0) is 12.4. The third-order valence-corrected chi connectivity index (χ3v) is 3.07. The molecule has 0 aromatic carbocycles. The van der Waals surface area contributed by atoms with Crippen LogP contribution in [0.5, 0.6) is 0 Å². The number of rotatable bonds is 4. The molecule has 0 spiro atoms. The topological polar surface area (TPSA) is 47.7 Å². The van der Waals surface area contributed by atoms with Gasteiger partial charge in [0.05, 0.1) is 23.8 Å². The number of nitrogens with one attached hydrogen (secondary N) is 1. The van der Waals surface area contributed by atoms with Gasteiger partial charge in [0.2, 0.25) is 0 Å². The fourth-order valence-electron chi connectivity index (χ4n) is 2.12. The first kappa shape index (κ1) is 11.9. The molecule has 1 N–H and O–H groups in total. The van der Waals surface area contributed by atoms with E-state index in [9.17, 15) is 0 Å². The third kappa shape index (κ3) is 2.39. The van der Waals surface area contributed by atoms with Gasteiger partial charge in [-0.25, -0.2) is 4.98 Å². The molecule has 0 aliphatic heterocycles. The Labute approximate surface area is 101 Å². The monoisotopic (exact) mass is 233 g/mol. The molecule has 5 nitrogen and oxygen atoms in total. The lowest BCUT2D eigenvalue weighted by Crippen LogP contribution is -2.22. The van der Waals surface area contributed by atoms with Gasteiger partial charge in [0.25, 0.3) is 0 Å². The van der Waals surface area contributed by atoms with E-state index in [2.05, 4.69) is 21.5 Å². The van der Waals surface area contributed by atoms with Crippen LogP contribution in [0.1, 0.15) is 23.1 Å².